The van der Waals surface area contributed by atoms with Gasteiger partial charge in [0.1, 0.15) is 0 Å². The molecule has 0 saturated heterocycles. The Bertz CT molecular complexity index is 68.2. The lowest BCUT2D eigenvalue weighted by molar-refractivity contribution is 0.769. The SMILES string of the molecule is CC.CC.CCN/N=C\C(C)C. The topological polar surface area (TPSA) is 24.4 Å². The van der Waals surface area contributed by atoms with Gasteiger partial charge in [-0.05, 0) is 12.8 Å². The highest BCUT2D eigenvalue weighted by molar-refractivity contribution is 5.58. The first-order valence-electron chi connectivity index (χ1n) is 5.03. The third kappa shape index (κ3) is 34.0. The summed E-state index contributed by atoms with van der Waals surface area (Å²) in [6.45, 7) is 15.1. The van der Waals surface area contributed by atoms with Crippen LogP contribution in [0.5, 0.6) is 0 Å². The number of nitrogens with zero attached hydrogens (tertiary/aromatic N) is 1. The maximum absolute atomic E-state index is 3.91. The van der Waals surface area contributed by atoms with Gasteiger partial charge in [-0.15, -0.1) is 0 Å². The minimum absolute atomic E-state index is 0.550. The molecule has 0 aliphatic rings. The molecule has 12 heavy (non-hydrogen) atoms. The molecular formula is C10H26N2. The summed E-state index contributed by atoms with van der Waals surface area (Å²) in [5.74, 6) is 0.550. The molecule has 0 spiro atoms. The van der Waals surface area contributed by atoms with Gasteiger partial charge in [0, 0.05) is 12.8 Å². The fraction of sp³-hybridized carbons (Fsp3) is 0.900. The highest BCUT2D eigenvalue weighted by atomic mass is 15.3. The zero-order valence-electron chi connectivity index (χ0n) is 9.81. The van der Waals surface area contributed by atoms with E-state index in [1.807, 2.05) is 40.8 Å². The van der Waals surface area contributed by atoms with Crippen LogP contribution in [0, 0.1) is 5.92 Å². The molecule has 0 atom stereocenters. The normalized spacial score (nSPS) is 8.33. The number of nitrogens with one attached hydrogen (secondary N) is 1. The van der Waals surface area contributed by atoms with E-state index in [9.17, 15) is 0 Å². The second kappa shape index (κ2) is 22.4. The van der Waals surface area contributed by atoms with E-state index in [0.29, 0.717) is 5.92 Å². The molecule has 0 aromatic heterocycles. The summed E-state index contributed by atoms with van der Waals surface area (Å²) in [6.07, 6.45) is 1.89. The highest BCUT2D eigenvalue weighted by Crippen LogP contribution is 1.82. The first-order chi connectivity index (χ1) is 5.77. The second-order valence-electron chi connectivity index (χ2n) is 2.03. The van der Waals surface area contributed by atoms with Crippen molar-refractivity contribution >= 4 is 6.21 Å². The monoisotopic (exact) mass is 174 g/mol. The lowest BCUT2D eigenvalue weighted by atomic mass is 10.3. The van der Waals surface area contributed by atoms with Crippen molar-refractivity contribution in [2.75, 3.05) is 6.54 Å². The molecule has 0 rings (SSSR count). The van der Waals surface area contributed by atoms with E-state index in [4.69, 9.17) is 0 Å². The van der Waals surface area contributed by atoms with Crippen molar-refractivity contribution in [1.82, 2.24) is 5.43 Å². The molecule has 2 nitrogen and oxygen atoms in total. The van der Waals surface area contributed by atoms with Gasteiger partial charge in [0.15, 0.2) is 0 Å². The fourth-order valence-electron chi connectivity index (χ4n) is 0.293. The largest absolute Gasteiger partial charge is 0.311 e. The van der Waals surface area contributed by atoms with Gasteiger partial charge in [0.2, 0.25) is 0 Å². The summed E-state index contributed by atoms with van der Waals surface area (Å²) in [6, 6.07) is 0. The molecule has 1 N–H and O–H groups in total. The van der Waals surface area contributed by atoms with Crippen LogP contribution in [0.3, 0.4) is 0 Å². The molecule has 0 bridgehead atoms. The second-order valence-corrected chi connectivity index (χ2v) is 2.03. The van der Waals surface area contributed by atoms with Gasteiger partial charge in [-0.3, -0.25) is 0 Å². The molecule has 0 amide bonds. The van der Waals surface area contributed by atoms with E-state index in [2.05, 4.69) is 24.4 Å². The van der Waals surface area contributed by atoms with Crippen LogP contribution >= 0.6 is 0 Å². The maximum Gasteiger partial charge on any atom is 0.0301 e. The first kappa shape index (κ1) is 17.5. The van der Waals surface area contributed by atoms with Crippen LogP contribution in [0.4, 0.5) is 0 Å². The van der Waals surface area contributed by atoms with E-state index < -0.39 is 0 Å². The van der Waals surface area contributed by atoms with E-state index in [1.54, 1.807) is 0 Å². The molecule has 0 aromatic rings. The Morgan fingerprint density at radius 3 is 1.83 bits per heavy atom. The van der Waals surface area contributed by atoms with Crippen molar-refractivity contribution in [3.8, 4) is 0 Å². The van der Waals surface area contributed by atoms with Gasteiger partial charge in [0.25, 0.3) is 0 Å². The summed E-state index contributed by atoms with van der Waals surface area (Å²) in [4.78, 5) is 0. The van der Waals surface area contributed by atoms with Crippen molar-refractivity contribution in [2.45, 2.75) is 48.5 Å². The number of hydrogen-bond donors (Lipinski definition) is 1. The van der Waals surface area contributed by atoms with Crippen molar-refractivity contribution < 1.29 is 0 Å². The predicted molar refractivity (Wildman–Crippen MR) is 59.7 cm³/mol. The van der Waals surface area contributed by atoms with Gasteiger partial charge in [-0.25, -0.2) is 0 Å². The van der Waals surface area contributed by atoms with Gasteiger partial charge in [-0.2, -0.15) is 5.10 Å². The predicted octanol–water partition coefficient (Wildman–Crippen LogP) is 3.29. The molecular weight excluding hydrogens is 148 g/mol. The summed E-state index contributed by atoms with van der Waals surface area (Å²) < 4.78 is 0. The third-order valence-electron chi connectivity index (χ3n) is 0.622. The first-order valence-corrected chi connectivity index (χ1v) is 5.03. The van der Waals surface area contributed by atoms with E-state index >= 15 is 0 Å². The maximum atomic E-state index is 3.91. The Balaban J connectivity index is -0.000000175. The standard InChI is InChI=1S/C6H14N2.2C2H6/c1-4-7-8-5-6(2)3;2*1-2/h5-7H,4H2,1-3H3;2*1-2H3/b8-5-;;. The van der Waals surface area contributed by atoms with Crippen LogP contribution < -0.4 is 5.43 Å². The van der Waals surface area contributed by atoms with Crippen LogP contribution in [-0.4, -0.2) is 12.8 Å². The molecule has 0 aromatic carbocycles. The highest BCUT2D eigenvalue weighted by Gasteiger charge is 1.80. The minimum atomic E-state index is 0.550. The van der Waals surface area contributed by atoms with Crippen LogP contribution in [0.15, 0.2) is 5.10 Å². The van der Waals surface area contributed by atoms with Crippen LogP contribution in [0.1, 0.15) is 48.5 Å². The fourth-order valence-corrected chi connectivity index (χ4v) is 0.293. The van der Waals surface area contributed by atoms with Gasteiger partial charge < -0.3 is 5.43 Å². The molecule has 0 unspecified atom stereocenters. The zero-order valence-corrected chi connectivity index (χ0v) is 9.81. The van der Waals surface area contributed by atoms with E-state index in [0.717, 1.165) is 6.54 Å². The average Bonchev–Trinajstić information content (AvgIpc) is 2.12. The van der Waals surface area contributed by atoms with Crippen molar-refractivity contribution in [2.24, 2.45) is 11.0 Å². The summed E-state index contributed by atoms with van der Waals surface area (Å²) >= 11 is 0. The molecule has 0 aliphatic heterocycles. The number of hydrogen-bond acceptors (Lipinski definition) is 2. The zero-order chi connectivity index (χ0) is 10.4. The summed E-state index contributed by atoms with van der Waals surface area (Å²) in [5.41, 5.74) is 2.85. The van der Waals surface area contributed by atoms with Crippen LogP contribution in [0.2, 0.25) is 0 Å². The molecule has 0 heterocycles. The summed E-state index contributed by atoms with van der Waals surface area (Å²) in [7, 11) is 0. The molecule has 76 valence electrons. The number of hydrazone groups is 1. The lowest BCUT2D eigenvalue weighted by Gasteiger charge is -1.93. The lowest BCUT2D eigenvalue weighted by Crippen LogP contribution is -2.04. The molecule has 2 heteroatoms. The van der Waals surface area contributed by atoms with Gasteiger partial charge in [0.05, 0.1) is 0 Å². The molecule has 0 radical (unpaired) electrons. The average molecular weight is 174 g/mol. The Morgan fingerprint density at radius 1 is 1.17 bits per heavy atom. The molecule has 0 aliphatic carbocycles. The Labute approximate surface area is 78.5 Å². The quantitative estimate of drug-likeness (QED) is 0.515. The summed E-state index contributed by atoms with van der Waals surface area (Å²) in [5, 5.41) is 3.91. The van der Waals surface area contributed by atoms with Crippen LogP contribution in [0.25, 0.3) is 0 Å². The third-order valence-corrected chi connectivity index (χ3v) is 0.622. The van der Waals surface area contributed by atoms with E-state index in [-0.39, 0.29) is 0 Å². The molecule has 0 saturated carbocycles. The van der Waals surface area contributed by atoms with E-state index in [1.165, 1.54) is 0 Å². The van der Waals surface area contributed by atoms with Crippen molar-refractivity contribution in [1.29, 1.82) is 0 Å². The minimum Gasteiger partial charge on any atom is -0.311 e. The van der Waals surface area contributed by atoms with Gasteiger partial charge >= 0.3 is 0 Å². The van der Waals surface area contributed by atoms with Gasteiger partial charge in [-0.1, -0.05) is 41.5 Å². The van der Waals surface area contributed by atoms with Crippen LogP contribution in [-0.2, 0) is 0 Å². The Hall–Kier alpha value is -0.530. The van der Waals surface area contributed by atoms with Crippen molar-refractivity contribution in [3.63, 3.8) is 0 Å². The smallest absolute Gasteiger partial charge is 0.0301 e. The number of rotatable bonds is 3. The molecule has 0 fully saturated rings. The van der Waals surface area contributed by atoms with Crippen molar-refractivity contribution in [3.05, 3.63) is 0 Å². The Morgan fingerprint density at radius 2 is 1.58 bits per heavy atom. The Kier molecular flexibility index (Phi) is 32.8.